The third-order valence-corrected chi connectivity index (χ3v) is 2.36. The van der Waals surface area contributed by atoms with Crippen LogP contribution in [0.1, 0.15) is 39.5 Å². The first-order valence-electron chi connectivity index (χ1n) is 4.94. The molecule has 4 heteroatoms. The van der Waals surface area contributed by atoms with Gasteiger partial charge in [-0.3, -0.25) is 9.59 Å². The van der Waals surface area contributed by atoms with Gasteiger partial charge in [0.15, 0.2) is 0 Å². The molecule has 0 aromatic heterocycles. The maximum absolute atomic E-state index is 10.7. The number of rotatable bonds is 7. The standard InChI is InChI=1S/C10H18O4/c1-3-4-8(10(13)14)6-5-7(2)9(11)12/h7-8H,3-6H2,1-2H3,(H,11,12)(H,13,14). The van der Waals surface area contributed by atoms with Crippen LogP contribution in [0.5, 0.6) is 0 Å². The highest BCUT2D eigenvalue weighted by molar-refractivity contribution is 5.71. The van der Waals surface area contributed by atoms with Crippen molar-refractivity contribution in [2.75, 3.05) is 0 Å². The second-order valence-corrected chi connectivity index (χ2v) is 3.64. The Morgan fingerprint density at radius 1 is 1.07 bits per heavy atom. The van der Waals surface area contributed by atoms with Crippen molar-refractivity contribution in [1.29, 1.82) is 0 Å². The van der Waals surface area contributed by atoms with Crippen LogP contribution in [0.3, 0.4) is 0 Å². The Morgan fingerprint density at radius 2 is 1.64 bits per heavy atom. The van der Waals surface area contributed by atoms with Gasteiger partial charge in [-0.15, -0.1) is 0 Å². The molecule has 2 N–H and O–H groups in total. The highest BCUT2D eigenvalue weighted by Gasteiger charge is 2.19. The fraction of sp³-hybridized carbons (Fsp3) is 0.800. The summed E-state index contributed by atoms with van der Waals surface area (Å²) in [6, 6.07) is 0. The molecule has 0 fully saturated rings. The fourth-order valence-corrected chi connectivity index (χ4v) is 1.31. The summed E-state index contributed by atoms with van der Waals surface area (Å²) in [6.07, 6.45) is 2.34. The molecule has 82 valence electrons. The maximum Gasteiger partial charge on any atom is 0.306 e. The van der Waals surface area contributed by atoms with E-state index in [4.69, 9.17) is 10.2 Å². The summed E-state index contributed by atoms with van der Waals surface area (Å²) >= 11 is 0. The van der Waals surface area contributed by atoms with Gasteiger partial charge >= 0.3 is 11.9 Å². The molecular formula is C10H18O4. The van der Waals surface area contributed by atoms with Gasteiger partial charge in [0, 0.05) is 0 Å². The van der Waals surface area contributed by atoms with E-state index in [-0.39, 0.29) is 5.92 Å². The van der Waals surface area contributed by atoms with E-state index < -0.39 is 17.9 Å². The van der Waals surface area contributed by atoms with Crippen LogP contribution in [-0.2, 0) is 9.59 Å². The molecule has 4 nitrogen and oxygen atoms in total. The van der Waals surface area contributed by atoms with Crippen LogP contribution >= 0.6 is 0 Å². The van der Waals surface area contributed by atoms with Crippen LogP contribution in [0.25, 0.3) is 0 Å². The first-order valence-corrected chi connectivity index (χ1v) is 4.94. The number of carboxylic acids is 2. The Balaban J connectivity index is 3.93. The molecule has 0 bridgehead atoms. The Labute approximate surface area is 83.9 Å². The lowest BCUT2D eigenvalue weighted by molar-refractivity contribution is -0.144. The lowest BCUT2D eigenvalue weighted by atomic mass is 9.93. The average Bonchev–Trinajstić information content (AvgIpc) is 2.10. The first kappa shape index (κ1) is 12.9. The minimum atomic E-state index is -0.856. The van der Waals surface area contributed by atoms with E-state index in [1.807, 2.05) is 6.92 Å². The minimum Gasteiger partial charge on any atom is -0.481 e. The zero-order valence-corrected chi connectivity index (χ0v) is 8.69. The van der Waals surface area contributed by atoms with Crippen molar-refractivity contribution in [3.05, 3.63) is 0 Å². The summed E-state index contributed by atoms with van der Waals surface area (Å²) in [5, 5.41) is 17.4. The van der Waals surface area contributed by atoms with Crippen molar-refractivity contribution < 1.29 is 19.8 Å². The van der Waals surface area contributed by atoms with E-state index in [1.165, 1.54) is 0 Å². The van der Waals surface area contributed by atoms with Crippen LogP contribution in [0.2, 0.25) is 0 Å². The summed E-state index contributed by atoms with van der Waals surface area (Å²) < 4.78 is 0. The molecule has 0 aliphatic heterocycles. The molecule has 0 aliphatic rings. The van der Waals surface area contributed by atoms with Crippen molar-refractivity contribution in [1.82, 2.24) is 0 Å². The lowest BCUT2D eigenvalue weighted by Crippen LogP contribution is -2.17. The van der Waals surface area contributed by atoms with Gasteiger partial charge in [-0.05, 0) is 19.3 Å². The van der Waals surface area contributed by atoms with Crippen molar-refractivity contribution >= 4 is 11.9 Å². The van der Waals surface area contributed by atoms with Crippen LogP contribution in [0.15, 0.2) is 0 Å². The molecule has 0 saturated carbocycles. The number of carbonyl (C=O) groups is 2. The molecule has 0 spiro atoms. The van der Waals surface area contributed by atoms with Gasteiger partial charge in [-0.1, -0.05) is 20.3 Å². The van der Waals surface area contributed by atoms with Gasteiger partial charge in [0.2, 0.25) is 0 Å². The second-order valence-electron chi connectivity index (χ2n) is 3.64. The van der Waals surface area contributed by atoms with E-state index in [2.05, 4.69) is 0 Å². The summed E-state index contributed by atoms with van der Waals surface area (Å²) in [5.41, 5.74) is 0. The van der Waals surface area contributed by atoms with E-state index in [1.54, 1.807) is 6.92 Å². The Kier molecular flexibility index (Phi) is 5.92. The van der Waals surface area contributed by atoms with E-state index >= 15 is 0 Å². The summed E-state index contributed by atoms with van der Waals surface area (Å²) in [6.45, 7) is 3.53. The topological polar surface area (TPSA) is 74.6 Å². The van der Waals surface area contributed by atoms with Crippen molar-refractivity contribution in [2.24, 2.45) is 11.8 Å². The molecule has 2 unspecified atom stereocenters. The number of hydrogen-bond acceptors (Lipinski definition) is 2. The van der Waals surface area contributed by atoms with Gasteiger partial charge < -0.3 is 10.2 Å². The smallest absolute Gasteiger partial charge is 0.306 e. The highest BCUT2D eigenvalue weighted by atomic mass is 16.4. The minimum absolute atomic E-state index is 0.387. The number of aliphatic carboxylic acids is 2. The molecule has 14 heavy (non-hydrogen) atoms. The van der Waals surface area contributed by atoms with Crippen LogP contribution < -0.4 is 0 Å². The fourth-order valence-electron chi connectivity index (χ4n) is 1.31. The predicted molar refractivity (Wildman–Crippen MR) is 52.1 cm³/mol. The Hall–Kier alpha value is -1.06. The lowest BCUT2D eigenvalue weighted by Gasteiger charge is -2.12. The normalized spacial score (nSPS) is 14.7. The molecule has 0 rings (SSSR count). The quantitative estimate of drug-likeness (QED) is 0.662. The average molecular weight is 202 g/mol. The third-order valence-electron chi connectivity index (χ3n) is 2.36. The molecule has 0 heterocycles. The Morgan fingerprint density at radius 3 is 2.00 bits per heavy atom. The van der Waals surface area contributed by atoms with Gasteiger partial charge in [0.05, 0.1) is 11.8 Å². The van der Waals surface area contributed by atoms with Gasteiger partial charge in [-0.2, -0.15) is 0 Å². The van der Waals surface area contributed by atoms with Gasteiger partial charge in [0.1, 0.15) is 0 Å². The largest absolute Gasteiger partial charge is 0.481 e. The van der Waals surface area contributed by atoms with Crippen LogP contribution in [0, 0.1) is 11.8 Å². The van der Waals surface area contributed by atoms with Crippen LogP contribution in [-0.4, -0.2) is 22.2 Å². The number of hydrogen-bond donors (Lipinski definition) is 2. The second kappa shape index (κ2) is 6.40. The molecule has 0 aliphatic carbocycles. The molecule has 0 saturated heterocycles. The SMILES string of the molecule is CCCC(CCC(C)C(=O)O)C(=O)O. The highest BCUT2D eigenvalue weighted by Crippen LogP contribution is 2.17. The van der Waals surface area contributed by atoms with E-state index in [9.17, 15) is 9.59 Å². The molecule has 0 amide bonds. The summed E-state index contributed by atoms with van der Waals surface area (Å²) in [7, 11) is 0. The number of carboxylic acid groups (broad SMARTS) is 2. The van der Waals surface area contributed by atoms with Gasteiger partial charge in [-0.25, -0.2) is 0 Å². The molecular weight excluding hydrogens is 184 g/mol. The molecule has 0 aromatic rings. The molecule has 2 atom stereocenters. The molecule has 0 aromatic carbocycles. The monoisotopic (exact) mass is 202 g/mol. The van der Waals surface area contributed by atoms with Crippen LogP contribution in [0.4, 0.5) is 0 Å². The van der Waals surface area contributed by atoms with Crippen molar-refractivity contribution in [3.63, 3.8) is 0 Å². The first-order chi connectivity index (χ1) is 6.49. The van der Waals surface area contributed by atoms with E-state index in [0.717, 1.165) is 6.42 Å². The predicted octanol–water partition coefficient (Wildman–Crippen LogP) is 1.99. The zero-order chi connectivity index (χ0) is 11.1. The van der Waals surface area contributed by atoms with E-state index in [0.29, 0.717) is 19.3 Å². The zero-order valence-electron chi connectivity index (χ0n) is 8.69. The van der Waals surface area contributed by atoms with Crippen molar-refractivity contribution in [2.45, 2.75) is 39.5 Å². The van der Waals surface area contributed by atoms with Gasteiger partial charge in [0.25, 0.3) is 0 Å². The third kappa shape index (κ3) is 4.84. The summed E-state index contributed by atoms with van der Waals surface area (Å²) in [5.74, 6) is -2.51. The van der Waals surface area contributed by atoms with Crippen molar-refractivity contribution in [3.8, 4) is 0 Å². The Bertz CT molecular complexity index is 200. The summed E-state index contributed by atoms with van der Waals surface area (Å²) in [4.78, 5) is 21.2. The molecule has 0 radical (unpaired) electrons. The maximum atomic E-state index is 10.7.